The second-order valence-corrected chi connectivity index (χ2v) is 9.39. The molecule has 11 heteroatoms. The van der Waals surface area contributed by atoms with Crippen LogP contribution in [0, 0.1) is 12.7 Å². The van der Waals surface area contributed by atoms with Gasteiger partial charge >= 0.3 is 12.1 Å². The molecule has 186 valence electrons. The van der Waals surface area contributed by atoms with Crippen molar-refractivity contribution in [1.29, 1.82) is 0 Å². The molecule has 0 unspecified atom stereocenters. The average molecular weight is 493 g/mol. The first kappa shape index (κ1) is 24.5. The lowest BCUT2D eigenvalue weighted by atomic mass is 9.81. The molecule has 1 aromatic carbocycles. The lowest BCUT2D eigenvalue weighted by Crippen LogP contribution is -2.37. The Kier molecular flexibility index (Phi) is 5.77. The summed E-state index contributed by atoms with van der Waals surface area (Å²) in [5.41, 5.74) is -2.14. The van der Waals surface area contributed by atoms with Crippen LogP contribution in [0.3, 0.4) is 0 Å². The number of fused-ring (bicyclic) bond motifs is 3. The van der Waals surface area contributed by atoms with E-state index in [0.717, 1.165) is 6.07 Å². The van der Waals surface area contributed by atoms with Crippen LogP contribution < -0.4 is 0 Å². The number of ether oxygens (including phenoxy) is 1. The lowest BCUT2D eigenvalue weighted by Gasteiger charge is -2.29. The number of H-pyrrole nitrogens is 1. The third-order valence-electron chi connectivity index (χ3n) is 5.72. The first-order valence-corrected chi connectivity index (χ1v) is 10.8. The summed E-state index contributed by atoms with van der Waals surface area (Å²) in [6, 6.07) is 3.83. The highest BCUT2D eigenvalue weighted by molar-refractivity contribution is 6.18. The first-order chi connectivity index (χ1) is 16.2. The average Bonchev–Trinajstić information content (AvgIpc) is 3.27. The van der Waals surface area contributed by atoms with E-state index in [1.807, 2.05) is 0 Å². The number of aryl methyl sites for hydroxylation is 1. The van der Waals surface area contributed by atoms with Gasteiger partial charge in [0.15, 0.2) is 5.69 Å². The third kappa shape index (κ3) is 4.30. The number of alkyl halides is 3. The van der Waals surface area contributed by atoms with Crippen molar-refractivity contribution in [3.05, 3.63) is 58.3 Å². The zero-order valence-corrected chi connectivity index (χ0v) is 19.6. The van der Waals surface area contributed by atoms with Gasteiger partial charge in [0.05, 0.1) is 22.8 Å². The third-order valence-corrected chi connectivity index (χ3v) is 5.72. The number of aromatic amines is 1. The fourth-order valence-corrected chi connectivity index (χ4v) is 4.26. The van der Waals surface area contributed by atoms with Gasteiger partial charge in [-0.1, -0.05) is 19.0 Å². The van der Waals surface area contributed by atoms with Crippen LogP contribution in [0.1, 0.15) is 60.6 Å². The minimum Gasteiger partial charge on any atom is -0.459 e. The summed E-state index contributed by atoms with van der Waals surface area (Å²) in [4.78, 5) is 30.4. The van der Waals surface area contributed by atoms with E-state index in [2.05, 4.69) is 10.1 Å². The Balaban J connectivity index is 1.93. The lowest BCUT2D eigenvalue weighted by molar-refractivity contribution is -0.141. The molecule has 0 spiro atoms. The van der Waals surface area contributed by atoms with Crippen molar-refractivity contribution in [2.45, 2.75) is 52.3 Å². The van der Waals surface area contributed by atoms with Crippen LogP contribution in [-0.2, 0) is 21.1 Å². The van der Waals surface area contributed by atoms with E-state index in [-0.39, 0.29) is 45.6 Å². The topological polar surface area (TPSA) is 88.4 Å². The van der Waals surface area contributed by atoms with Crippen LogP contribution >= 0.6 is 0 Å². The summed E-state index contributed by atoms with van der Waals surface area (Å²) < 4.78 is 65.2. The molecule has 3 heterocycles. The van der Waals surface area contributed by atoms with Crippen molar-refractivity contribution in [1.82, 2.24) is 15.0 Å². The molecule has 3 aromatic rings. The smallest absolute Gasteiger partial charge is 0.437 e. The predicted octanol–water partition coefficient (Wildman–Crippen LogP) is 5.35. The first-order valence-electron chi connectivity index (χ1n) is 10.8. The fraction of sp³-hybridized carbons (Fsp3) is 0.375. The van der Waals surface area contributed by atoms with Gasteiger partial charge in [-0.25, -0.2) is 9.18 Å². The molecule has 0 radical (unpaired) electrons. The standard InChI is InChI=1S/C24H23F4N3O4/c1-11(2)34-22(33)14-9-31(21(32)13-6-7-15(25)12(3)8-13)10-23(4,5)17-16-19(24(26,27)28)30-35-20(16)29-18(14)17/h6-9,11,29H,10H2,1-5H3. The number of nitrogens with one attached hydrogen (secondary N) is 1. The minimum absolute atomic E-state index is 0.0490. The van der Waals surface area contributed by atoms with Crippen molar-refractivity contribution >= 4 is 28.5 Å². The highest BCUT2D eigenvalue weighted by atomic mass is 19.4. The normalized spacial score (nSPS) is 15.7. The molecule has 2 aromatic heterocycles. The van der Waals surface area contributed by atoms with E-state index in [1.54, 1.807) is 27.7 Å². The van der Waals surface area contributed by atoms with Crippen molar-refractivity contribution in [2.75, 3.05) is 6.54 Å². The summed E-state index contributed by atoms with van der Waals surface area (Å²) >= 11 is 0. The fourth-order valence-electron chi connectivity index (χ4n) is 4.26. The van der Waals surface area contributed by atoms with Crippen molar-refractivity contribution in [2.24, 2.45) is 0 Å². The summed E-state index contributed by atoms with van der Waals surface area (Å²) in [5.74, 6) is -1.88. The van der Waals surface area contributed by atoms with Gasteiger partial charge in [-0.3, -0.25) is 4.79 Å². The highest BCUT2D eigenvalue weighted by Crippen LogP contribution is 2.45. The molecule has 0 bridgehead atoms. The molecule has 35 heavy (non-hydrogen) atoms. The molecule has 0 saturated carbocycles. The number of aromatic nitrogens is 2. The van der Waals surface area contributed by atoms with Gasteiger partial charge in [0.1, 0.15) is 5.82 Å². The number of rotatable bonds is 3. The molecule has 4 rings (SSSR count). The van der Waals surface area contributed by atoms with E-state index in [1.165, 1.54) is 30.2 Å². The molecule has 0 fully saturated rings. The zero-order chi connectivity index (χ0) is 25.9. The van der Waals surface area contributed by atoms with Crippen molar-refractivity contribution < 1.29 is 36.4 Å². The Bertz CT molecular complexity index is 1360. The quantitative estimate of drug-likeness (QED) is 0.393. The van der Waals surface area contributed by atoms with Gasteiger partial charge in [0, 0.05) is 23.7 Å². The summed E-state index contributed by atoms with van der Waals surface area (Å²) in [6.45, 7) is 7.95. The number of esters is 1. The molecular formula is C24H23F4N3O4. The molecule has 1 N–H and O–H groups in total. The van der Waals surface area contributed by atoms with Crippen molar-refractivity contribution in [3.8, 4) is 0 Å². The second-order valence-electron chi connectivity index (χ2n) is 9.39. The van der Waals surface area contributed by atoms with Crippen LogP contribution in [0.4, 0.5) is 17.6 Å². The summed E-state index contributed by atoms with van der Waals surface area (Å²) in [5, 5.41) is 2.87. The van der Waals surface area contributed by atoms with Crippen LogP contribution in [0.2, 0.25) is 0 Å². The highest BCUT2D eigenvalue weighted by Gasteiger charge is 2.45. The van der Waals surface area contributed by atoms with Crippen LogP contribution in [0.15, 0.2) is 28.9 Å². The minimum atomic E-state index is -4.81. The molecule has 0 saturated heterocycles. The largest absolute Gasteiger partial charge is 0.459 e. The van der Waals surface area contributed by atoms with Crippen LogP contribution in [-0.4, -0.2) is 39.6 Å². The molecular weight excluding hydrogens is 470 g/mol. The van der Waals surface area contributed by atoms with Crippen LogP contribution in [0.25, 0.3) is 16.7 Å². The van der Waals surface area contributed by atoms with E-state index in [0.29, 0.717) is 0 Å². The Hall–Kier alpha value is -3.63. The van der Waals surface area contributed by atoms with E-state index in [9.17, 15) is 27.2 Å². The van der Waals surface area contributed by atoms with E-state index in [4.69, 9.17) is 9.26 Å². The zero-order valence-electron chi connectivity index (χ0n) is 19.6. The van der Waals surface area contributed by atoms with Gasteiger partial charge in [0.25, 0.3) is 5.91 Å². The number of nitrogens with zero attached hydrogens (tertiary/aromatic N) is 2. The Labute approximate surface area is 197 Å². The molecule has 1 amide bonds. The maximum atomic E-state index is 13.8. The second kappa shape index (κ2) is 8.24. The number of carbonyl (C=O) groups excluding carboxylic acids is 2. The number of hydrogen-bond donors (Lipinski definition) is 1. The monoisotopic (exact) mass is 493 g/mol. The number of amides is 1. The van der Waals surface area contributed by atoms with Gasteiger partial charge in [-0.15, -0.1) is 0 Å². The Morgan fingerprint density at radius 3 is 2.54 bits per heavy atom. The summed E-state index contributed by atoms with van der Waals surface area (Å²) in [6.07, 6.45) is -4.10. The van der Waals surface area contributed by atoms with E-state index >= 15 is 0 Å². The maximum absolute atomic E-state index is 13.8. The van der Waals surface area contributed by atoms with Crippen LogP contribution in [0.5, 0.6) is 0 Å². The Morgan fingerprint density at radius 1 is 1.26 bits per heavy atom. The van der Waals surface area contributed by atoms with Gasteiger partial charge in [-0.2, -0.15) is 13.2 Å². The van der Waals surface area contributed by atoms with Gasteiger partial charge in [-0.05, 0) is 50.1 Å². The number of hydrogen-bond acceptors (Lipinski definition) is 5. The Morgan fingerprint density at radius 2 is 1.94 bits per heavy atom. The van der Waals surface area contributed by atoms with E-state index < -0.39 is 41.1 Å². The van der Waals surface area contributed by atoms with Crippen molar-refractivity contribution in [3.63, 3.8) is 0 Å². The molecule has 0 aliphatic carbocycles. The molecule has 7 nitrogen and oxygen atoms in total. The van der Waals surface area contributed by atoms with Gasteiger partial charge in [0.2, 0.25) is 5.71 Å². The number of carbonyl (C=O) groups is 2. The molecule has 1 aliphatic heterocycles. The number of benzene rings is 1. The molecule has 0 atom stereocenters. The predicted molar refractivity (Wildman–Crippen MR) is 118 cm³/mol. The number of halogens is 4. The van der Waals surface area contributed by atoms with Gasteiger partial charge < -0.3 is 19.1 Å². The maximum Gasteiger partial charge on any atom is 0.437 e. The SMILES string of the molecule is Cc1cc(C(=O)N2C=C(C(=O)OC(C)C)c3[nH]c4onc(C(F)(F)F)c4c3C(C)(C)C2)ccc1F. The molecule has 1 aliphatic rings. The summed E-state index contributed by atoms with van der Waals surface area (Å²) in [7, 11) is 0.